The summed E-state index contributed by atoms with van der Waals surface area (Å²) in [4.78, 5) is 23.8. The minimum atomic E-state index is -0.991. The normalized spacial score (nSPS) is 9.39. The molecule has 1 rings (SSSR count). The number of anilines is 1. The Labute approximate surface area is 105 Å². The average Bonchev–Trinajstić information content (AvgIpc) is 2.28. The maximum atomic E-state index is 11.6. The molecule has 0 aliphatic heterocycles. The quantitative estimate of drug-likeness (QED) is 0.799. The molecular weight excluding hydrogens is 232 g/mol. The number of aromatic carboxylic acids is 1. The first-order chi connectivity index (χ1) is 8.45. The summed E-state index contributed by atoms with van der Waals surface area (Å²) >= 11 is 0. The molecule has 0 atom stereocenters. The second kappa shape index (κ2) is 5.73. The lowest BCUT2D eigenvalue weighted by molar-refractivity contribution is 0.0696. The largest absolute Gasteiger partial charge is 0.478 e. The van der Waals surface area contributed by atoms with Gasteiger partial charge in [-0.3, -0.25) is 0 Å². The number of benzene rings is 1. The first kappa shape index (κ1) is 13.6. The van der Waals surface area contributed by atoms with E-state index in [1.54, 1.807) is 20.0 Å². The molecular formula is C13H14N2O3. The fourth-order valence-electron chi connectivity index (χ4n) is 1.41. The van der Waals surface area contributed by atoms with E-state index in [0.29, 0.717) is 11.3 Å². The van der Waals surface area contributed by atoms with E-state index in [1.807, 2.05) is 0 Å². The molecule has 18 heavy (non-hydrogen) atoms. The van der Waals surface area contributed by atoms with E-state index in [4.69, 9.17) is 11.5 Å². The monoisotopic (exact) mass is 246 g/mol. The van der Waals surface area contributed by atoms with E-state index in [-0.39, 0.29) is 18.1 Å². The Morgan fingerprint density at radius 3 is 2.67 bits per heavy atom. The molecule has 0 aliphatic rings. The number of rotatable bonds is 3. The van der Waals surface area contributed by atoms with Crippen molar-refractivity contribution in [2.45, 2.75) is 6.92 Å². The summed E-state index contributed by atoms with van der Waals surface area (Å²) in [6.45, 7) is 1.88. The molecule has 0 spiro atoms. The Bertz CT molecular complexity index is 517. The van der Waals surface area contributed by atoms with Gasteiger partial charge in [0.25, 0.3) is 0 Å². The third kappa shape index (κ3) is 3.25. The first-order valence-corrected chi connectivity index (χ1v) is 5.25. The molecule has 0 saturated carbocycles. The van der Waals surface area contributed by atoms with Gasteiger partial charge in [0.05, 0.1) is 12.1 Å². The minimum Gasteiger partial charge on any atom is -0.478 e. The van der Waals surface area contributed by atoms with Crippen molar-refractivity contribution in [1.82, 2.24) is 4.90 Å². The van der Waals surface area contributed by atoms with Crippen LogP contribution in [0.15, 0.2) is 18.2 Å². The molecule has 1 aromatic rings. The number of hydrogen-bond acceptors (Lipinski definition) is 2. The van der Waals surface area contributed by atoms with Crippen LogP contribution in [0.3, 0.4) is 0 Å². The van der Waals surface area contributed by atoms with Crippen LogP contribution in [0, 0.1) is 19.3 Å². The van der Waals surface area contributed by atoms with Crippen molar-refractivity contribution >= 4 is 17.7 Å². The number of amides is 2. The lowest BCUT2D eigenvalue weighted by Gasteiger charge is -2.15. The van der Waals surface area contributed by atoms with E-state index >= 15 is 0 Å². The zero-order valence-corrected chi connectivity index (χ0v) is 10.2. The van der Waals surface area contributed by atoms with Crippen LogP contribution < -0.4 is 5.32 Å². The van der Waals surface area contributed by atoms with E-state index in [1.165, 1.54) is 17.0 Å². The third-order valence-electron chi connectivity index (χ3n) is 2.38. The molecule has 94 valence electrons. The highest BCUT2D eigenvalue weighted by atomic mass is 16.4. The Kier molecular flexibility index (Phi) is 4.33. The van der Waals surface area contributed by atoms with E-state index in [0.717, 1.165) is 0 Å². The van der Waals surface area contributed by atoms with Gasteiger partial charge in [-0.1, -0.05) is 5.92 Å². The van der Waals surface area contributed by atoms with Gasteiger partial charge in [0.1, 0.15) is 0 Å². The van der Waals surface area contributed by atoms with E-state index < -0.39 is 5.97 Å². The summed E-state index contributed by atoms with van der Waals surface area (Å²) in [5.74, 6) is 1.37. The van der Waals surface area contributed by atoms with Crippen molar-refractivity contribution in [3.05, 3.63) is 29.3 Å². The number of carbonyl (C=O) groups is 2. The van der Waals surface area contributed by atoms with Gasteiger partial charge in [-0.15, -0.1) is 6.42 Å². The summed E-state index contributed by atoms with van der Waals surface area (Å²) in [6.07, 6.45) is 5.10. The molecule has 2 amide bonds. The third-order valence-corrected chi connectivity index (χ3v) is 2.38. The summed E-state index contributed by atoms with van der Waals surface area (Å²) in [5.41, 5.74) is 1.33. The van der Waals surface area contributed by atoms with Crippen molar-refractivity contribution in [2.24, 2.45) is 0 Å². The number of aryl methyl sites for hydroxylation is 1. The summed E-state index contributed by atoms with van der Waals surface area (Å²) in [6, 6.07) is 4.26. The second-order valence-electron chi connectivity index (χ2n) is 3.83. The summed E-state index contributed by atoms with van der Waals surface area (Å²) in [7, 11) is 1.58. The maximum Gasteiger partial charge on any atom is 0.335 e. The first-order valence-electron chi connectivity index (χ1n) is 5.25. The van der Waals surface area contributed by atoms with Crippen molar-refractivity contribution in [2.75, 3.05) is 18.9 Å². The number of carboxylic acid groups (broad SMARTS) is 1. The number of hydrogen-bond donors (Lipinski definition) is 2. The number of nitrogens with zero attached hydrogens (tertiary/aromatic N) is 1. The fourth-order valence-corrected chi connectivity index (χ4v) is 1.41. The Hall–Kier alpha value is -2.48. The van der Waals surface area contributed by atoms with Crippen LogP contribution in [0.25, 0.3) is 0 Å². The van der Waals surface area contributed by atoms with Crippen LogP contribution in [-0.4, -0.2) is 35.6 Å². The summed E-state index contributed by atoms with van der Waals surface area (Å²) < 4.78 is 0. The number of carbonyl (C=O) groups excluding carboxylic acids is 1. The van der Waals surface area contributed by atoms with Crippen molar-refractivity contribution in [3.63, 3.8) is 0 Å². The second-order valence-corrected chi connectivity index (χ2v) is 3.83. The zero-order chi connectivity index (χ0) is 13.7. The van der Waals surface area contributed by atoms with Gasteiger partial charge in [-0.05, 0) is 30.7 Å². The van der Waals surface area contributed by atoms with Crippen LogP contribution in [0.1, 0.15) is 15.9 Å². The standard InChI is InChI=1S/C13H14N2O3/c1-4-7-15(3)13(18)14-10-5-6-11(12(16)17)9(2)8-10/h1,5-6,8H,7H2,2-3H3,(H,14,18)(H,16,17). The van der Waals surface area contributed by atoms with Crippen molar-refractivity contribution < 1.29 is 14.7 Å². The van der Waals surface area contributed by atoms with E-state index in [9.17, 15) is 9.59 Å². The Balaban J connectivity index is 2.81. The highest BCUT2D eigenvalue weighted by molar-refractivity contribution is 5.92. The lowest BCUT2D eigenvalue weighted by atomic mass is 10.1. The molecule has 0 heterocycles. The number of nitrogens with one attached hydrogen (secondary N) is 1. The van der Waals surface area contributed by atoms with Gasteiger partial charge < -0.3 is 15.3 Å². The SMILES string of the molecule is C#CCN(C)C(=O)Nc1ccc(C(=O)O)c(C)c1. The fraction of sp³-hybridized carbons (Fsp3) is 0.231. The Morgan fingerprint density at radius 1 is 1.50 bits per heavy atom. The minimum absolute atomic E-state index is 0.206. The lowest BCUT2D eigenvalue weighted by Crippen LogP contribution is -2.31. The molecule has 0 unspecified atom stereocenters. The predicted octanol–water partition coefficient (Wildman–Crippen LogP) is 1.79. The number of urea groups is 1. The number of carboxylic acids is 1. The van der Waals surface area contributed by atoms with Gasteiger partial charge >= 0.3 is 12.0 Å². The molecule has 0 fully saturated rings. The Morgan fingerprint density at radius 2 is 2.17 bits per heavy atom. The van der Waals surface area contributed by atoms with Crippen LogP contribution >= 0.6 is 0 Å². The molecule has 2 N–H and O–H groups in total. The maximum absolute atomic E-state index is 11.6. The van der Waals surface area contributed by atoms with Gasteiger partial charge in [0.15, 0.2) is 0 Å². The van der Waals surface area contributed by atoms with Crippen LogP contribution in [0.2, 0.25) is 0 Å². The van der Waals surface area contributed by atoms with Crippen LogP contribution in [-0.2, 0) is 0 Å². The molecule has 0 aliphatic carbocycles. The van der Waals surface area contributed by atoms with Gasteiger partial charge in [-0.25, -0.2) is 9.59 Å². The molecule has 5 nitrogen and oxygen atoms in total. The highest BCUT2D eigenvalue weighted by Gasteiger charge is 2.10. The molecule has 0 saturated heterocycles. The molecule has 0 bridgehead atoms. The van der Waals surface area contributed by atoms with Crippen LogP contribution in [0.4, 0.5) is 10.5 Å². The topological polar surface area (TPSA) is 69.6 Å². The summed E-state index contributed by atoms with van der Waals surface area (Å²) in [5, 5.41) is 11.5. The van der Waals surface area contributed by atoms with Gasteiger partial charge in [-0.2, -0.15) is 0 Å². The highest BCUT2D eigenvalue weighted by Crippen LogP contribution is 2.15. The van der Waals surface area contributed by atoms with Crippen molar-refractivity contribution in [1.29, 1.82) is 0 Å². The molecule has 5 heteroatoms. The van der Waals surface area contributed by atoms with E-state index in [2.05, 4.69) is 11.2 Å². The number of terminal acetylenes is 1. The molecule has 0 aromatic heterocycles. The molecule has 0 radical (unpaired) electrons. The molecule has 1 aromatic carbocycles. The van der Waals surface area contributed by atoms with Gasteiger partial charge in [0, 0.05) is 12.7 Å². The predicted molar refractivity (Wildman–Crippen MR) is 68.6 cm³/mol. The average molecular weight is 246 g/mol. The zero-order valence-electron chi connectivity index (χ0n) is 10.2. The van der Waals surface area contributed by atoms with Crippen LogP contribution in [0.5, 0.6) is 0 Å². The van der Waals surface area contributed by atoms with Crippen molar-refractivity contribution in [3.8, 4) is 12.3 Å². The van der Waals surface area contributed by atoms with Gasteiger partial charge in [0.2, 0.25) is 0 Å². The smallest absolute Gasteiger partial charge is 0.335 e.